The van der Waals surface area contributed by atoms with E-state index in [0.717, 1.165) is 6.42 Å². The third kappa shape index (κ3) is 4.86. The minimum absolute atomic E-state index is 0.0445. The Labute approximate surface area is 144 Å². The highest BCUT2D eigenvalue weighted by molar-refractivity contribution is 5.97. The summed E-state index contributed by atoms with van der Waals surface area (Å²) in [6.45, 7) is 7.72. The monoisotopic (exact) mass is 325 g/mol. The Bertz CT molecular complexity index is 677. The normalized spacial score (nSPS) is 15.9. The maximum Gasteiger partial charge on any atom is 0.263 e. The van der Waals surface area contributed by atoms with E-state index >= 15 is 0 Å². The number of carbonyl (C=O) groups excluding carboxylic acids is 1. The lowest BCUT2D eigenvalue weighted by atomic mass is 9.89. The highest BCUT2D eigenvalue weighted by Gasteiger charge is 2.17. The van der Waals surface area contributed by atoms with Gasteiger partial charge in [-0.25, -0.2) is 0 Å². The first-order chi connectivity index (χ1) is 11.3. The zero-order valence-electron chi connectivity index (χ0n) is 15.1. The molecule has 0 radical (unpaired) electrons. The van der Waals surface area contributed by atoms with Crippen LogP contribution in [0.1, 0.15) is 63.3 Å². The number of nitrogens with one attached hydrogen (secondary N) is 2. The van der Waals surface area contributed by atoms with Crippen LogP contribution < -0.4 is 10.6 Å². The molecule has 1 aromatic carbocycles. The molecule has 0 saturated heterocycles. The smallest absolute Gasteiger partial charge is 0.263 e. The van der Waals surface area contributed by atoms with Crippen LogP contribution in [0.25, 0.3) is 0 Å². The molecule has 0 spiro atoms. The Kier molecular flexibility index (Phi) is 5.66. The first-order valence-corrected chi connectivity index (χ1v) is 8.60. The minimum atomic E-state index is -0.364. The van der Waals surface area contributed by atoms with E-state index in [-0.39, 0.29) is 23.1 Å². The molecule has 0 aliphatic heterocycles. The lowest BCUT2D eigenvalue weighted by Crippen LogP contribution is -2.41. The van der Waals surface area contributed by atoms with Crippen LogP contribution in [0.2, 0.25) is 0 Å². The molecule has 0 bridgehead atoms. The summed E-state index contributed by atoms with van der Waals surface area (Å²) in [5, 5.41) is 15.2. The number of hydrogen-bond acceptors (Lipinski definition) is 3. The Morgan fingerprint density at radius 2 is 1.92 bits per heavy atom. The van der Waals surface area contributed by atoms with Gasteiger partial charge in [-0.3, -0.25) is 4.79 Å². The number of fused-ring (bicyclic) bond motifs is 1. The van der Waals surface area contributed by atoms with E-state index < -0.39 is 0 Å². The molecule has 1 aromatic rings. The summed E-state index contributed by atoms with van der Waals surface area (Å²) in [6.07, 6.45) is 6.36. The van der Waals surface area contributed by atoms with Crippen molar-refractivity contribution in [1.82, 2.24) is 10.6 Å². The molecule has 128 valence electrons. The number of nitrogens with zero attached hydrogens (tertiary/aromatic N) is 1. The van der Waals surface area contributed by atoms with E-state index in [2.05, 4.69) is 28.8 Å². The number of carbonyl (C=O) groups is 1. The Hall–Kier alpha value is -2.28. The van der Waals surface area contributed by atoms with E-state index in [1.807, 2.05) is 33.8 Å². The Morgan fingerprint density at radius 3 is 2.54 bits per heavy atom. The van der Waals surface area contributed by atoms with Crippen molar-refractivity contribution >= 4 is 5.91 Å². The SMILES string of the molecule is CC(N/C=C(/C#N)C(=O)NC(C)(C)C)c1ccc2c(c1)CCCC2. The summed E-state index contributed by atoms with van der Waals surface area (Å²) >= 11 is 0. The number of rotatable bonds is 4. The summed E-state index contributed by atoms with van der Waals surface area (Å²) in [6, 6.07) is 8.61. The molecule has 1 atom stereocenters. The second kappa shape index (κ2) is 7.53. The quantitative estimate of drug-likeness (QED) is 0.657. The molecule has 24 heavy (non-hydrogen) atoms. The first kappa shape index (κ1) is 18.1. The van der Waals surface area contributed by atoms with Gasteiger partial charge in [0.25, 0.3) is 5.91 Å². The number of amides is 1. The average Bonchev–Trinajstić information content (AvgIpc) is 2.53. The van der Waals surface area contributed by atoms with E-state index in [1.165, 1.54) is 42.2 Å². The molecule has 1 unspecified atom stereocenters. The van der Waals surface area contributed by atoms with Crippen LogP contribution in [0, 0.1) is 11.3 Å². The third-order valence-electron chi connectivity index (χ3n) is 4.20. The fraction of sp³-hybridized carbons (Fsp3) is 0.500. The summed E-state index contributed by atoms with van der Waals surface area (Å²) in [5.74, 6) is -0.352. The van der Waals surface area contributed by atoms with Crippen molar-refractivity contribution in [3.05, 3.63) is 46.7 Å². The van der Waals surface area contributed by atoms with Gasteiger partial charge >= 0.3 is 0 Å². The van der Waals surface area contributed by atoms with Crippen molar-refractivity contribution in [3.63, 3.8) is 0 Å². The number of hydrogen-bond donors (Lipinski definition) is 2. The molecule has 0 fully saturated rings. The van der Waals surface area contributed by atoms with E-state index in [9.17, 15) is 10.1 Å². The van der Waals surface area contributed by atoms with Crippen LogP contribution >= 0.6 is 0 Å². The second-order valence-corrected chi connectivity index (χ2v) is 7.50. The van der Waals surface area contributed by atoms with Gasteiger partial charge in [-0.2, -0.15) is 5.26 Å². The van der Waals surface area contributed by atoms with Crippen molar-refractivity contribution in [3.8, 4) is 6.07 Å². The molecule has 1 amide bonds. The summed E-state index contributed by atoms with van der Waals surface area (Å²) in [4.78, 5) is 12.1. The summed E-state index contributed by atoms with van der Waals surface area (Å²) < 4.78 is 0. The molecule has 0 heterocycles. The van der Waals surface area contributed by atoms with Crippen LogP contribution in [-0.4, -0.2) is 11.4 Å². The van der Waals surface area contributed by atoms with Crippen LogP contribution in [0.15, 0.2) is 30.0 Å². The number of benzene rings is 1. The fourth-order valence-electron chi connectivity index (χ4n) is 2.88. The van der Waals surface area contributed by atoms with Crippen LogP contribution in [0.4, 0.5) is 0 Å². The van der Waals surface area contributed by atoms with Gasteiger partial charge in [0.1, 0.15) is 11.6 Å². The summed E-state index contributed by atoms with van der Waals surface area (Å²) in [7, 11) is 0. The van der Waals surface area contributed by atoms with Crippen molar-refractivity contribution in [1.29, 1.82) is 5.26 Å². The van der Waals surface area contributed by atoms with Crippen molar-refractivity contribution < 1.29 is 4.79 Å². The highest BCUT2D eigenvalue weighted by atomic mass is 16.1. The molecule has 4 heteroatoms. The molecule has 2 N–H and O–H groups in total. The van der Waals surface area contributed by atoms with Crippen molar-refractivity contribution in [2.24, 2.45) is 0 Å². The summed E-state index contributed by atoms with van der Waals surface area (Å²) in [5.41, 5.74) is 3.80. The van der Waals surface area contributed by atoms with Gasteiger partial charge in [-0.05, 0) is 70.1 Å². The largest absolute Gasteiger partial charge is 0.383 e. The standard InChI is InChI=1S/C20H27N3O/c1-14(16-10-9-15-7-5-6-8-17(15)11-16)22-13-18(12-21)19(24)23-20(2,3)4/h9-11,13-14,22H,5-8H2,1-4H3,(H,23,24)/b18-13-. The molecule has 1 aliphatic carbocycles. The van der Waals surface area contributed by atoms with Gasteiger partial charge < -0.3 is 10.6 Å². The van der Waals surface area contributed by atoms with Gasteiger partial charge in [0.15, 0.2) is 0 Å². The van der Waals surface area contributed by atoms with Crippen LogP contribution in [0.3, 0.4) is 0 Å². The van der Waals surface area contributed by atoms with Crippen LogP contribution in [0.5, 0.6) is 0 Å². The molecule has 0 saturated carbocycles. The van der Waals surface area contributed by atoms with Crippen molar-refractivity contribution in [2.75, 3.05) is 0 Å². The minimum Gasteiger partial charge on any atom is -0.383 e. The maximum absolute atomic E-state index is 12.1. The Balaban J connectivity index is 2.06. The lowest BCUT2D eigenvalue weighted by Gasteiger charge is -2.21. The predicted octanol–water partition coefficient (Wildman–Crippen LogP) is 3.54. The lowest BCUT2D eigenvalue weighted by molar-refractivity contribution is -0.118. The topological polar surface area (TPSA) is 64.9 Å². The van der Waals surface area contributed by atoms with Crippen LogP contribution in [-0.2, 0) is 17.6 Å². The van der Waals surface area contributed by atoms with E-state index in [4.69, 9.17) is 0 Å². The van der Waals surface area contributed by atoms with Gasteiger partial charge in [0, 0.05) is 17.8 Å². The number of aryl methyl sites for hydroxylation is 2. The van der Waals surface area contributed by atoms with Gasteiger partial charge in [-0.1, -0.05) is 18.2 Å². The highest BCUT2D eigenvalue weighted by Crippen LogP contribution is 2.24. The molecule has 0 aromatic heterocycles. The fourth-order valence-corrected chi connectivity index (χ4v) is 2.88. The number of nitriles is 1. The molecule has 4 nitrogen and oxygen atoms in total. The maximum atomic E-state index is 12.1. The predicted molar refractivity (Wildman–Crippen MR) is 96.2 cm³/mol. The van der Waals surface area contributed by atoms with E-state index in [0.29, 0.717) is 0 Å². The van der Waals surface area contributed by atoms with Gasteiger partial charge in [0.05, 0.1) is 0 Å². The van der Waals surface area contributed by atoms with Gasteiger partial charge in [-0.15, -0.1) is 0 Å². The van der Waals surface area contributed by atoms with E-state index in [1.54, 1.807) is 0 Å². The third-order valence-corrected chi connectivity index (χ3v) is 4.20. The molecular formula is C20H27N3O. The molecule has 2 rings (SSSR count). The molecule has 1 aliphatic rings. The second-order valence-electron chi connectivity index (χ2n) is 7.50. The van der Waals surface area contributed by atoms with Crippen molar-refractivity contribution in [2.45, 2.75) is 65.0 Å². The molecular weight excluding hydrogens is 298 g/mol. The average molecular weight is 325 g/mol. The first-order valence-electron chi connectivity index (χ1n) is 8.60. The Morgan fingerprint density at radius 1 is 1.25 bits per heavy atom. The zero-order valence-corrected chi connectivity index (χ0v) is 15.1. The van der Waals surface area contributed by atoms with Gasteiger partial charge in [0.2, 0.25) is 0 Å². The zero-order chi connectivity index (χ0) is 17.7.